The van der Waals surface area contributed by atoms with Gasteiger partial charge < -0.3 is 4.90 Å². The summed E-state index contributed by atoms with van der Waals surface area (Å²) in [7, 11) is 1.92. The van der Waals surface area contributed by atoms with Gasteiger partial charge in [0.1, 0.15) is 0 Å². The topological polar surface area (TPSA) is 85.0 Å². The fourth-order valence-corrected chi connectivity index (χ4v) is 2.54. The smallest absolute Gasteiger partial charge is 0.295 e. The zero-order chi connectivity index (χ0) is 16.4. The standard InChI is InChI=1S/C16H15N5O2/c1-11-8-15(20(2)10-12-9-17-6-7-18-12)13-4-3-5-14(21(22)23)16(13)19-11/h3-9H,10H2,1-2H3. The summed E-state index contributed by atoms with van der Waals surface area (Å²) in [5, 5.41) is 12.0. The molecule has 116 valence electrons. The minimum Gasteiger partial charge on any atom is -0.368 e. The Kier molecular flexibility index (Phi) is 3.84. The van der Waals surface area contributed by atoms with Crippen molar-refractivity contribution in [2.75, 3.05) is 11.9 Å². The van der Waals surface area contributed by atoms with E-state index in [1.807, 2.05) is 31.0 Å². The van der Waals surface area contributed by atoms with Crippen LogP contribution in [0.3, 0.4) is 0 Å². The van der Waals surface area contributed by atoms with Crippen LogP contribution < -0.4 is 4.90 Å². The second-order valence-electron chi connectivity index (χ2n) is 5.27. The summed E-state index contributed by atoms with van der Waals surface area (Å²) < 4.78 is 0. The number of nitro groups is 1. The first-order chi connectivity index (χ1) is 11.1. The van der Waals surface area contributed by atoms with Crippen molar-refractivity contribution >= 4 is 22.3 Å². The molecule has 0 fully saturated rings. The highest BCUT2D eigenvalue weighted by Crippen LogP contribution is 2.32. The van der Waals surface area contributed by atoms with Crippen LogP contribution in [0.2, 0.25) is 0 Å². The van der Waals surface area contributed by atoms with Crippen LogP contribution in [0.5, 0.6) is 0 Å². The molecular weight excluding hydrogens is 294 g/mol. The molecule has 0 N–H and O–H groups in total. The first-order valence-corrected chi connectivity index (χ1v) is 7.07. The van der Waals surface area contributed by atoms with Gasteiger partial charge in [0.15, 0.2) is 5.52 Å². The molecule has 0 atom stereocenters. The molecule has 2 aromatic heterocycles. The predicted octanol–water partition coefficient (Wildman–Crippen LogP) is 2.88. The predicted molar refractivity (Wildman–Crippen MR) is 87.3 cm³/mol. The maximum absolute atomic E-state index is 11.2. The Bertz CT molecular complexity index is 867. The molecule has 0 unspecified atom stereocenters. The minimum atomic E-state index is -0.402. The number of hydrogen-bond donors (Lipinski definition) is 0. The van der Waals surface area contributed by atoms with Gasteiger partial charge in [-0.2, -0.15) is 0 Å². The molecule has 7 heteroatoms. The van der Waals surface area contributed by atoms with Crippen molar-refractivity contribution in [3.8, 4) is 0 Å². The Balaban J connectivity index is 2.10. The van der Waals surface area contributed by atoms with Gasteiger partial charge in [0, 0.05) is 42.3 Å². The maximum Gasteiger partial charge on any atom is 0.295 e. The molecule has 2 heterocycles. The number of benzene rings is 1. The van der Waals surface area contributed by atoms with Gasteiger partial charge in [-0.25, -0.2) is 4.98 Å². The van der Waals surface area contributed by atoms with Crippen LogP contribution in [0.25, 0.3) is 10.9 Å². The van der Waals surface area contributed by atoms with E-state index in [4.69, 9.17) is 0 Å². The number of pyridine rings is 1. The monoisotopic (exact) mass is 309 g/mol. The third-order valence-corrected chi connectivity index (χ3v) is 3.55. The number of fused-ring (bicyclic) bond motifs is 1. The Hall–Kier alpha value is -3.09. The zero-order valence-electron chi connectivity index (χ0n) is 12.8. The second kappa shape index (κ2) is 5.96. The first-order valence-electron chi connectivity index (χ1n) is 7.07. The van der Waals surface area contributed by atoms with E-state index in [1.54, 1.807) is 24.7 Å². The molecular formula is C16H15N5O2. The van der Waals surface area contributed by atoms with E-state index < -0.39 is 4.92 Å². The number of hydrogen-bond acceptors (Lipinski definition) is 6. The molecule has 0 bridgehead atoms. The van der Waals surface area contributed by atoms with Gasteiger partial charge in [0.05, 0.1) is 23.4 Å². The lowest BCUT2D eigenvalue weighted by Crippen LogP contribution is -2.18. The van der Waals surface area contributed by atoms with Crippen molar-refractivity contribution < 1.29 is 4.92 Å². The summed E-state index contributed by atoms with van der Waals surface area (Å²) in [4.78, 5) is 25.5. The van der Waals surface area contributed by atoms with Gasteiger partial charge in [-0.05, 0) is 13.0 Å². The van der Waals surface area contributed by atoms with Crippen LogP contribution in [-0.4, -0.2) is 26.9 Å². The molecule has 3 rings (SSSR count). The Morgan fingerprint density at radius 1 is 1.30 bits per heavy atom. The van der Waals surface area contributed by atoms with Gasteiger partial charge in [-0.15, -0.1) is 0 Å². The van der Waals surface area contributed by atoms with Gasteiger partial charge in [0.2, 0.25) is 0 Å². The molecule has 3 aromatic rings. The Morgan fingerprint density at radius 3 is 2.83 bits per heavy atom. The fraction of sp³-hybridized carbons (Fsp3) is 0.188. The van der Waals surface area contributed by atoms with Crippen LogP contribution in [0.1, 0.15) is 11.4 Å². The largest absolute Gasteiger partial charge is 0.368 e. The molecule has 7 nitrogen and oxygen atoms in total. The second-order valence-corrected chi connectivity index (χ2v) is 5.27. The SMILES string of the molecule is Cc1cc(N(C)Cc2cnccn2)c2cccc([N+](=O)[O-])c2n1. The number of nitrogens with zero attached hydrogens (tertiary/aromatic N) is 5. The van der Waals surface area contributed by atoms with Crippen LogP contribution in [0.4, 0.5) is 11.4 Å². The van der Waals surface area contributed by atoms with Crippen molar-refractivity contribution in [1.82, 2.24) is 15.0 Å². The molecule has 0 aliphatic carbocycles. The van der Waals surface area contributed by atoms with Crippen LogP contribution in [0, 0.1) is 17.0 Å². The lowest BCUT2D eigenvalue weighted by Gasteiger charge is -2.21. The van der Waals surface area contributed by atoms with Crippen molar-refractivity contribution in [1.29, 1.82) is 0 Å². The van der Waals surface area contributed by atoms with Crippen molar-refractivity contribution in [3.05, 3.63) is 64.4 Å². The highest BCUT2D eigenvalue weighted by molar-refractivity contribution is 5.97. The van der Waals surface area contributed by atoms with Gasteiger partial charge in [-0.3, -0.25) is 20.1 Å². The third-order valence-electron chi connectivity index (χ3n) is 3.55. The molecule has 0 saturated heterocycles. The molecule has 0 radical (unpaired) electrons. The maximum atomic E-state index is 11.2. The van der Waals surface area contributed by atoms with E-state index in [2.05, 4.69) is 15.0 Å². The molecule has 0 aliphatic rings. The highest BCUT2D eigenvalue weighted by Gasteiger charge is 2.17. The molecule has 0 spiro atoms. The quantitative estimate of drug-likeness (QED) is 0.544. The molecule has 0 aliphatic heterocycles. The lowest BCUT2D eigenvalue weighted by molar-refractivity contribution is -0.383. The summed E-state index contributed by atoms with van der Waals surface area (Å²) >= 11 is 0. The first kappa shape index (κ1) is 14.8. The van der Waals surface area contributed by atoms with Gasteiger partial charge in [0.25, 0.3) is 5.69 Å². The summed E-state index contributed by atoms with van der Waals surface area (Å²) in [6.07, 6.45) is 4.97. The number of nitro benzene ring substituents is 1. The van der Waals surface area contributed by atoms with E-state index in [-0.39, 0.29) is 5.69 Å². The van der Waals surface area contributed by atoms with E-state index in [1.165, 1.54) is 6.07 Å². The number of aryl methyl sites for hydroxylation is 1. The lowest BCUT2D eigenvalue weighted by atomic mass is 10.1. The number of rotatable bonds is 4. The van der Waals surface area contributed by atoms with Gasteiger partial charge in [-0.1, -0.05) is 12.1 Å². The normalized spacial score (nSPS) is 10.7. The zero-order valence-corrected chi connectivity index (χ0v) is 12.8. The fourth-order valence-electron chi connectivity index (χ4n) is 2.54. The molecule has 1 aromatic carbocycles. The highest BCUT2D eigenvalue weighted by atomic mass is 16.6. The number of anilines is 1. The number of aromatic nitrogens is 3. The molecule has 23 heavy (non-hydrogen) atoms. The summed E-state index contributed by atoms with van der Waals surface area (Å²) in [5.74, 6) is 0. The third kappa shape index (κ3) is 2.94. The minimum absolute atomic E-state index is 0.0142. The summed E-state index contributed by atoms with van der Waals surface area (Å²) in [6, 6.07) is 6.91. The Labute approximate surface area is 132 Å². The number of non-ortho nitro benzene ring substituents is 1. The van der Waals surface area contributed by atoms with Crippen molar-refractivity contribution in [3.63, 3.8) is 0 Å². The van der Waals surface area contributed by atoms with Gasteiger partial charge >= 0.3 is 0 Å². The number of para-hydroxylation sites is 1. The van der Waals surface area contributed by atoms with E-state index >= 15 is 0 Å². The van der Waals surface area contributed by atoms with E-state index in [0.29, 0.717) is 12.1 Å². The van der Waals surface area contributed by atoms with Crippen molar-refractivity contribution in [2.24, 2.45) is 0 Å². The summed E-state index contributed by atoms with van der Waals surface area (Å²) in [6.45, 7) is 2.38. The average molecular weight is 309 g/mol. The molecule has 0 saturated carbocycles. The van der Waals surface area contributed by atoms with Crippen molar-refractivity contribution in [2.45, 2.75) is 13.5 Å². The Morgan fingerprint density at radius 2 is 2.13 bits per heavy atom. The van der Waals surface area contributed by atoms with E-state index in [0.717, 1.165) is 22.5 Å². The van der Waals surface area contributed by atoms with E-state index in [9.17, 15) is 10.1 Å². The van der Waals surface area contributed by atoms with Crippen LogP contribution in [0.15, 0.2) is 42.9 Å². The van der Waals surface area contributed by atoms with Crippen LogP contribution in [-0.2, 0) is 6.54 Å². The molecule has 0 amide bonds. The summed E-state index contributed by atoms with van der Waals surface area (Å²) in [5.41, 5.74) is 2.84. The average Bonchev–Trinajstić information content (AvgIpc) is 2.54. The van der Waals surface area contributed by atoms with Crippen LogP contribution >= 0.6 is 0 Å².